The second-order valence-electron chi connectivity index (χ2n) is 7.37. The van der Waals surface area contributed by atoms with E-state index in [9.17, 15) is 4.79 Å². The average molecular weight is 387 g/mol. The Kier molecular flexibility index (Phi) is 6.32. The van der Waals surface area contributed by atoms with Crippen LogP contribution in [0.15, 0.2) is 30.3 Å². The van der Waals surface area contributed by atoms with Crippen LogP contribution < -0.4 is 4.90 Å². The predicted octanol–water partition coefficient (Wildman–Crippen LogP) is 3.84. The molecule has 1 aliphatic rings. The van der Waals surface area contributed by atoms with Gasteiger partial charge in [0, 0.05) is 55.3 Å². The number of rotatable bonds is 5. The summed E-state index contributed by atoms with van der Waals surface area (Å²) in [5.41, 5.74) is 2.13. The van der Waals surface area contributed by atoms with E-state index in [4.69, 9.17) is 16.6 Å². The summed E-state index contributed by atoms with van der Waals surface area (Å²) >= 11 is 5.91. The number of anilines is 1. The van der Waals surface area contributed by atoms with Gasteiger partial charge in [0.05, 0.1) is 0 Å². The van der Waals surface area contributed by atoms with Crippen molar-refractivity contribution >= 4 is 23.3 Å². The fourth-order valence-corrected chi connectivity index (χ4v) is 3.37. The van der Waals surface area contributed by atoms with E-state index in [0.29, 0.717) is 12.3 Å². The van der Waals surface area contributed by atoms with E-state index in [1.54, 1.807) is 0 Å². The summed E-state index contributed by atoms with van der Waals surface area (Å²) in [6.07, 6.45) is 1.28. The van der Waals surface area contributed by atoms with Crippen molar-refractivity contribution in [1.82, 2.24) is 14.9 Å². The summed E-state index contributed by atoms with van der Waals surface area (Å²) in [5.74, 6) is 2.37. The third-order valence-corrected chi connectivity index (χ3v) is 5.12. The average Bonchev–Trinajstić information content (AvgIpc) is 2.67. The van der Waals surface area contributed by atoms with Gasteiger partial charge in [0.2, 0.25) is 5.91 Å². The van der Waals surface area contributed by atoms with Crippen LogP contribution in [0.3, 0.4) is 0 Å². The summed E-state index contributed by atoms with van der Waals surface area (Å²) in [7, 11) is 0. The molecule has 1 fully saturated rings. The van der Waals surface area contributed by atoms with Crippen LogP contribution in [0.25, 0.3) is 0 Å². The summed E-state index contributed by atoms with van der Waals surface area (Å²) in [4.78, 5) is 26.0. The normalized spacial score (nSPS) is 14.7. The lowest BCUT2D eigenvalue weighted by molar-refractivity contribution is -0.131. The minimum Gasteiger partial charge on any atom is -0.353 e. The zero-order valence-electron chi connectivity index (χ0n) is 16.3. The Bertz CT molecular complexity index is 783. The van der Waals surface area contributed by atoms with Crippen LogP contribution in [0, 0.1) is 6.92 Å². The number of benzene rings is 1. The molecular formula is C21H27ClN4O. The molecule has 0 unspecified atom stereocenters. The zero-order chi connectivity index (χ0) is 19.4. The van der Waals surface area contributed by atoms with Crippen molar-refractivity contribution in [3.8, 4) is 0 Å². The number of carbonyl (C=O) groups is 1. The molecule has 0 atom stereocenters. The second-order valence-corrected chi connectivity index (χ2v) is 7.81. The van der Waals surface area contributed by atoms with Crippen LogP contribution in [0.5, 0.6) is 0 Å². The Labute approximate surface area is 166 Å². The number of aryl methyl sites for hydroxylation is 2. The Hall–Kier alpha value is -2.14. The maximum absolute atomic E-state index is 12.5. The number of hydrogen-bond acceptors (Lipinski definition) is 4. The number of hydrogen-bond donors (Lipinski definition) is 0. The van der Waals surface area contributed by atoms with Crippen molar-refractivity contribution in [2.45, 2.75) is 39.5 Å². The summed E-state index contributed by atoms with van der Waals surface area (Å²) in [6.45, 7) is 9.31. The molecular weight excluding hydrogens is 360 g/mol. The monoisotopic (exact) mass is 386 g/mol. The minimum atomic E-state index is 0.214. The molecule has 0 saturated carbocycles. The number of carbonyl (C=O) groups excluding carboxylic acids is 1. The van der Waals surface area contributed by atoms with Gasteiger partial charge in [0.1, 0.15) is 11.6 Å². The van der Waals surface area contributed by atoms with E-state index < -0.39 is 0 Å². The van der Waals surface area contributed by atoms with E-state index >= 15 is 0 Å². The molecule has 5 nitrogen and oxygen atoms in total. The molecule has 27 heavy (non-hydrogen) atoms. The molecule has 0 aliphatic carbocycles. The number of amides is 1. The van der Waals surface area contributed by atoms with Crippen LogP contribution in [0.2, 0.25) is 5.02 Å². The third-order valence-electron chi connectivity index (χ3n) is 4.87. The lowest BCUT2D eigenvalue weighted by Crippen LogP contribution is -2.49. The van der Waals surface area contributed by atoms with E-state index in [0.717, 1.165) is 60.5 Å². The molecule has 3 rings (SSSR count). The molecule has 1 aromatic heterocycles. The highest BCUT2D eigenvalue weighted by molar-refractivity contribution is 6.30. The Morgan fingerprint density at radius 3 is 2.41 bits per heavy atom. The first-order valence-electron chi connectivity index (χ1n) is 9.55. The van der Waals surface area contributed by atoms with Crippen LogP contribution >= 0.6 is 11.6 Å². The molecule has 2 heterocycles. The fraction of sp³-hybridized carbons (Fsp3) is 0.476. The van der Waals surface area contributed by atoms with Gasteiger partial charge in [-0.2, -0.15) is 0 Å². The molecule has 2 aromatic rings. The number of halogens is 1. The van der Waals surface area contributed by atoms with Crippen molar-refractivity contribution in [3.63, 3.8) is 0 Å². The molecule has 1 aromatic carbocycles. The topological polar surface area (TPSA) is 49.3 Å². The Balaban J connectivity index is 1.54. The molecule has 1 amide bonds. The van der Waals surface area contributed by atoms with Crippen LogP contribution in [0.4, 0.5) is 5.82 Å². The fourth-order valence-electron chi connectivity index (χ4n) is 3.24. The van der Waals surface area contributed by atoms with Gasteiger partial charge in [0.15, 0.2) is 0 Å². The van der Waals surface area contributed by atoms with Crippen LogP contribution in [-0.4, -0.2) is 47.0 Å². The van der Waals surface area contributed by atoms with Gasteiger partial charge in [-0.1, -0.05) is 37.6 Å². The summed E-state index contributed by atoms with van der Waals surface area (Å²) in [6, 6.07) is 9.74. The first-order valence-corrected chi connectivity index (χ1v) is 9.93. The van der Waals surface area contributed by atoms with Gasteiger partial charge in [-0.25, -0.2) is 9.97 Å². The van der Waals surface area contributed by atoms with Crippen LogP contribution in [-0.2, 0) is 11.2 Å². The van der Waals surface area contributed by atoms with Gasteiger partial charge in [-0.3, -0.25) is 4.79 Å². The smallest absolute Gasteiger partial charge is 0.223 e. The highest BCUT2D eigenvalue weighted by Crippen LogP contribution is 2.19. The highest BCUT2D eigenvalue weighted by atomic mass is 35.5. The van der Waals surface area contributed by atoms with Gasteiger partial charge < -0.3 is 9.80 Å². The Morgan fingerprint density at radius 1 is 1.11 bits per heavy atom. The van der Waals surface area contributed by atoms with Crippen molar-refractivity contribution in [2.75, 3.05) is 31.1 Å². The maximum Gasteiger partial charge on any atom is 0.223 e. The maximum atomic E-state index is 12.5. The molecule has 6 heteroatoms. The molecule has 0 spiro atoms. The van der Waals surface area contributed by atoms with Crippen molar-refractivity contribution in [2.24, 2.45) is 0 Å². The van der Waals surface area contributed by atoms with Crippen molar-refractivity contribution in [1.29, 1.82) is 0 Å². The summed E-state index contributed by atoms with van der Waals surface area (Å²) in [5, 5.41) is 0.724. The first-order chi connectivity index (χ1) is 12.9. The van der Waals surface area contributed by atoms with E-state index in [1.165, 1.54) is 0 Å². The first kappa shape index (κ1) is 19.6. The number of nitrogens with zero attached hydrogens (tertiary/aromatic N) is 4. The predicted molar refractivity (Wildman–Crippen MR) is 109 cm³/mol. The number of piperazine rings is 1. The van der Waals surface area contributed by atoms with Crippen LogP contribution in [0.1, 0.15) is 43.3 Å². The zero-order valence-corrected chi connectivity index (χ0v) is 17.0. The van der Waals surface area contributed by atoms with Gasteiger partial charge in [-0.15, -0.1) is 0 Å². The van der Waals surface area contributed by atoms with E-state index in [2.05, 4.69) is 23.7 Å². The number of aromatic nitrogens is 2. The van der Waals surface area contributed by atoms with Gasteiger partial charge in [0.25, 0.3) is 0 Å². The molecule has 144 valence electrons. The summed E-state index contributed by atoms with van der Waals surface area (Å²) < 4.78 is 0. The van der Waals surface area contributed by atoms with Crippen molar-refractivity contribution < 1.29 is 4.79 Å². The van der Waals surface area contributed by atoms with E-state index in [-0.39, 0.29) is 5.91 Å². The molecule has 1 aliphatic heterocycles. The minimum absolute atomic E-state index is 0.214. The molecule has 1 saturated heterocycles. The largest absolute Gasteiger partial charge is 0.353 e. The molecule has 0 bridgehead atoms. The second kappa shape index (κ2) is 8.70. The standard InChI is InChI=1S/C21H27ClN4O/c1-15(2)21-23-16(3)14-19(24-21)25-10-12-26(13-11-25)20(27)9-6-17-4-7-18(22)8-5-17/h4-5,7-8,14-15H,6,9-13H2,1-3H3. The third kappa shape index (κ3) is 5.19. The van der Waals surface area contributed by atoms with Crippen molar-refractivity contribution in [3.05, 3.63) is 52.4 Å². The Morgan fingerprint density at radius 2 is 1.78 bits per heavy atom. The quantitative estimate of drug-likeness (QED) is 0.783. The van der Waals surface area contributed by atoms with E-state index in [1.807, 2.05) is 42.2 Å². The van der Waals surface area contributed by atoms with Gasteiger partial charge in [-0.05, 0) is 31.0 Å². The highest BCUT2D eigenvalue weighted by Gasteiger charge is 2.22. The van der Waals surface area contributed by atoms with Gasteiger partial charge >= 0.3 is 0 Å². The lowest BCUT2D eigenvalue weighted by atomic mass is 10.1. The molecule has 0 N–H and O–H groups in total. The lowest BCUT2D eigenvalue weighted by Gasteiger charge is -2.35. The SMILES string of the molecule is Cc1cc(N2CCN(C(=O)CCc3ccc(Cl)cc3)CC2)nc(C(C)C)n1. The molecule has 0 radical (unpaired) electrons.